The highest BCUT2D eigenvalue weighted by molar-refractivity contribution is 5.68. The molecule has 3 saturated heterocycles. The molecule has 3 heterocycles. The molecule has 0 radical (unpaired) electrons. The summed E-state index contributed by atoms with van der Waals surface area (Å²) in [5.74, 6) is -2.95. The van der Waals surface area contributed by atoms with E-state index in [1.165, 1.54) is 14.0 Å². The van der Waals surface area contributed by atoms with Crippen LogP contribution >= 0.6 is 0 Å². The molecule has 0 bridgehead atoms. The van der Waals surface area contributed by atoms with Gasteiger partial charge in [-0.05, 0) is 5.56 Å². The van der Waals surface area contributed by atoms with E-state index in [4.69, 9.17) is 52.1 Å². The molecular weight excluding hydrogens is 660 g/mol. The van der Waals surface area contributed by atoms with Gasteiger partial charge in [0.25, 0.3) is 0 Å². The summed E-state index contributed by atoms with van der Waals surface area (Å²) >= 11 is 0. The van der Waals surface area contributed by atoms with Crippen molar-refractivity contribution in [2.75, 3.05) is 20.3 Å². The molecule has 0 saturated carbocycles. The molecule has 3 fully saturated rings. The van der Waals surface area contributed by atoms with Crippen molar-refractivity contribution in [2.45, 2.75) is 102 Å². The second kappa shape index (κ2) is 17.3. The summed E-state index contributed by atoms with van der Waals surface area (Å²) in [4.78, 5) is 49.0. The summed E-state index contributed by atoms with van der Waals surface area (Å²) in [5.41, 5.74) is 1.60. The van der Waals surface area contributed by atoms with Crippen LogP contribution in [-0.4, -0.2) is 106 Å². The van der Waals surface area contributed by atoms with Crippen LogP contribution in [0.1, 0.15) is 45.1 Å². The van der Waals surface area contributed by atoms with E-state index >= 15 is 0 Å². The Hall–Kier alpha value is -3.96. The SMILES string of the molecule is CO[C@H]1O[C@@H]2COC(c3ccccc3)O[C@H]2[C@H](O[C@H]2O[C@H](COC(C)=O)[C@@H](OC(C)=O)[C@H](OC(C)=O)[C@@H]2OC(C)=O)[C@H]1OCc1ccccc1. The Bertz CT molecular complexity index is 1430. The molecular formula is C35H42O15. The predicted molar refractivity (Wildman–Crippen MR) is 168 cm³/mol. The first kappa shape index (κ1) is 37.3. The zero-order valence-corrected chi connectivity index (χ0v) is 28.4. The van der Waals surface area contributed by atoms with E-state index in [1.54, 1.807) is 0 Å². The molecule has 1 unspecified atom stereocenters. The molecule has 272 valence electrons. The summed E-state index contributed by atoms with van der Waals surface area (Å²) in [7, 11) is 1.45. The molecule has 2 aromatic carbocycles. The number of hydrogen-bond acceptors (Lipinski definition) is 15. The minimum Gasteiger partial charge on any atom is -0.463 e. The smallest absolute Gasteiger partial charge is 0.303 e. The highest BCUT2D eigenvalue weighted by atomic mass is 16.8. The third-order valence-electron chi connectivity index (χ3n) is 8.11. The first-order valence-corrected chi connectivity index (χ1v) is 16.2. The molecule has 50 heavy (non-hydrogen) atoms. The molecule has 15 nitrogen and oxygen atoms in total. The van der Waals surface area contributed by atoms with E-state index < -0.39 is 98.2 Å². The van der Waals surface area contributed by atoms with Crippen molar-refractivity contribution in [1.82, 2.24) is 0 Å². The van der Waals surface area contributed by atoms with Crippen molar-refractivity contribution in [3.63, 3.8) is 0 Å². The number of methoxy groups -OCH3 is 1. The zero-order valence-electron chi connectivity index (χ0n) is 28.4. The zero-order chi connectivity index (χ0) is 35.8. The Morgan fingerprint density at radius 2 is 1.30 bits per heavy atom. The highest BCUT2D eigenvalue weighted by Crippen LogP contribution is 2.39. The Balaban J connectivity index is 1.54. The lowest BCUT2D eigenvalue weighted by molar-refractivity contribution is -0.395. The van der Waals surface area contributed by atoms with Crippen LogP contribution in [0, 0.1) is 0 Å². The monoisotopic (exact) mass is 702 g/mol. The van der Waals surface area contributed by atoms with Gasteiger partial charge in [0, 0.05) is 40.4 Å². The fourth-order valence-corrected chi connectivity index (χ4v) is 6.07. The van der Waals surface area contributed by atoms with Gasteiger partial charge in [-0.1, -0.05) is 60.7 Å². The van der Waals surface area contributed by atoms with Crippen molar-refractivity contribution in [3.8, 4) is 0 Å². The van der Waals surface area contributed by atoms with Crippen LogP contribution in [0.2, 0.25) is 0 Å². The minimum absolute atomic E-state index is 0.0912. The maximum Gasteiger partial charge on any atom is 0.303 e. The second-order valence-electron chi connectivity index (χ2n) is 11.9. The predicted octanol–water partition coefficient (Wildman–Crippen LogP) is 2.53. The van der Waals surface area contributed by atoms with Crippen molar-refractivity contribution in [2.24, 2.45) is 0 Å². The van der Waals surface area contributed by atoms with Crippen molar-refractivity contribution in [1.29, 1.82) is 0 Å². The van der Waals surface area contributed by atoms with E-state index in [9.17, 15) is 19.2 Å². The van der Waals surface area contributed by atoms with Gasteiger partial charge in [-0.25, -0.2) is 0 Å². The van der Waals surface area contributed by atoms with Crippen molar-refractivity contribution in [3.05, 3.63) is 71.8 Å². The third-order valence-corrected chi connectivity index (χ3v) is 8.11. The van der Waals surface area contributed by atoms with E-state index in [0.717, 1.165) is 31.9 Å². The first-order valence-electron chi connectivity index (χ1n) is 16.2. The Morgan fingerprint density at radius 1 is 0.680 bits per heavy atom. The number of carbonyl (C=O) groups is 4. The lowest BCUT2D eigenvalue weighted by atomic mass is 9.95. The van der Waals surface area contributed by atoms with E-state index in [1.807, 2.05) is 60.7 Å². The summed E-state index contributed by atoms with van der Waals surface area (Å²) in [6.07, 6.45) is -12.4. The van der Waals surface area contributed by atoms with Crippen LogP contribution in [-0.2, 0) is 77.9 Å². The third kappa shape index (κ3) is 9.42. The number of esters is 4. The van der Waals surface area contributed by atoms with Gasteiger partial charge in [-0.15, -0.1) is 0 Å². The molecule has 5 rings (SSSR count). The largest absolute Gasteiger partial charge is 0.463 e. The highest BCUT2D eigenvalue weighted by Gasteiger charge is 2.57. The topological polar surface area (TPSA) is 170 Å². The van der Waals surface area contributed by atoms with E-state index in [-0.39, 0.29) is 13.2 Å². The van der Waals surface area contributed by atoms with Crippen LogP contribution in [0.25, 0.3) is 0 Å². The Labute approximate surface area is 289 Å². The van der Waals surface area contributed by atoms with Gasteiger partial charge in [-0.3, -0.25) is 19.2 Å². The lowest BCUT2D eigenvalue weighted by Gasteiger charge is -2.51. The van der Waals surface area contributed by atoms with Crippen molar-refractivity contribution >= 4 is 23.9 Å². The molecule has 3 aliphatic rings. The first-order chi connectivity index (χ1) is 24.0. The minimum atomic E-state index is -1.51. The summed E-state index contributed by atoms with van der Waals surface area (Å²) in [6.45, 7) is 4.42. The van der Waals surface area contributed by atoms with E-state index in [0.29, 0.717) is 0 Å². The summed E-state index contributed by atoms with van der Waals surface area (Å²) in [6, 6.07) is 18.7. The quantitative estimate of drug-likeness (QED) is 0.233. The molecule has 2 aromatic rings. The van der Waals surface area contributed by atoms with Gasteiger partial charge in [-0.2, -0.15) is 0 Å². The molecule has 0 aromatic heterocycles. The van der Waals surface area contributed by atoms with Gasteiger partial charge in [0.2, 0.25) is 0 Å². The van der Waals surface area contributed by atoms with Gasteiger partial charge >= 0.3 is 23.9 Å². The van der Waals surface area contributed by atoms with Crippen LogP contribution in [0.4, 0.5) is 0 Å². The molecule has 11 atom stereocenters. The average Bonchev–Trinajstić information content (AvgIpc) is 3.09. The van der Waals surface area contributed by atoms with Crippen LogP contribution in [0.3, 0.4) is 0 Å². The van der Waals surface area contributed by atoms with Gasteiger partial charge < -0.3 is 52.1 Å². The molecule has 0 N–H and O–H groups in total. The van der Waals surface area contributed by atoms with Gasteiger partial charge in [0.05, 0.1) is 13.2 Å². The summed E-state index contributed by atoms with van der Waals surface area (Å²) < 4.78 is 65.9. The fraction of sp³-hybridized carbons (Fsp3) is 0.543. The number of ether oxygens (including phenoxy) is 11. The standard InChI is InChI=1S/C35H42O15/c1-19(36)41-17-25-27(44-20(2)37)30(45-21(3)38)32(46-22(4)39)35(48-25)50-29-28-26(18-43-33(49-28)24-14-10-7-11-15-24)47-34(40-5)31(29)42-16-23-12-8-6-9-13-23/h6-15,25-35H,16-18H2,1-5H3/t25-,26-,27-,28-,29+,30+,31-,32+,33?,34+,35-/m1/s1. The number of hydrogen-bond donors (Lipinski definition) is 0. The molecule has 15 heteroatoms. The molecule has 0 spiro atoms. The van der Waals surface area contributed by atoms with Crippen LogP contribution in [0.15, 0.2) is 60.7 Å². The number of fused-ring (bicyclic) bond motifs is 1. The fourth-order valence-electron chi connectivity index (χ4n) is 6.07. The van der Waals surface area contributed by atoms with Crippen molar-refractivity contribution < 1.29 is 71.3 Å². The summed E-state index contributed by atoms with van der Waals surface area (Å²) in [5, 5.41) is 0. The van der Waals surface area contributed by atoms with Gasteiger partial charge in [0.15, 0.2) is 37.2 Å². The average molecular weight is 703 g/mol. The molecule has 0 amide bonds. The second-order valence-corrected chi connectivity index (χ2v) is 11.9. The van der Waals surface area contributed by atoms with Crippen LogP contribution in [0.5, 0.6) is 0 Å². The Kier molecular flexibility index (Phi) is 12.9. The molecule has 0 aliphatic carbocycles. The maximum absolute atomic E-state index is 12.5. The lowest BCUT2D eigenvalue weighted by Crippen LogP contribution is -2.67. The number of carbonyl (C=O) groups excluding carboxylic acids is 4. The molecule has 3 aliphatic heterocycles. The number of benzene rings is 2. The normalized spacial score (nSPS) is 32.2. The Morgan fingerprint density at radius 3 is 1.92 bits per heavy atom. The van der Waals surface area contributed by atoms with E-state index in [2.05, 4.69) is 0 Å². The number of rotatable bonds is 12. The maximum atomic E-state index is 12.5. The van der Waals surface area contributed by atoms with Gasteiger partial charge in [0.1, 0.15) is 37.1 Å². The van der Waals surface area contributed by atoms with Crippen LogP contribution < -0.4 is 0 Å².